The Hall–Kier alpha value is -1.66. The van der Waals surface area contributed by atoms with Gasteiger partial charge in [-0.15, -0.1) is 5.10 Å². The highest BCUT2D eigenvalue weighted by atomic mass is 32.1. The predicted molar refractivity (Wildman–Crippen MR) is 84.4 cm³/mol. The maximum absolute atomic E-state index is 5.39. The molecule has 0 amide bonds. The smallest absolute Gasteiger partial charge is 0.161 e. The van der Waals surface area contributed by atoms with E-state index in [1.807, 2.05) is 25.2 Å². The van der Waals surface area contributed by atoms with Crippen molar-refractivity contribution in [3.8, 4) is 11.5 Å². The summed E-state index contributed by atoms with van der Waals surface area (Å²) in [6.45, 7) is 2.15. The number of rotatable bonds is 7. The Morgan fingerprint density at radius 3 is 2.62 bits per heavy atom. The van der Waals surface area contributed by atoms with E-state index in [0.29, 0.717) is 0 Å². The summed E-state index contributed by atoms with van der Waals surface area (Å²) in [4.78, 5) is 1.16. The Balaban J connectivity index is 2.39. The van der Waals surface area contributed by atoms with Crippen molar-refractivity contribution in [1.82, 2.24) is 14.9 Å². The van der Waals surface area contributed by atoms with Crippen LogP contribution in [0.25, 0.3) is 0 Å². The van der Waals surface area contributed by atoms with E-state index in [9.17, 15) is 0 Å². The first kappa shape index (κ1) is 15.7. The van der Waals surface area contributed by atoms with Gasteiger partial charge in [0.1, 0.15) is 0 Å². The lowest BCUT2D eigenvalue weighted by atomic mass is 10.0. The summed E-state index contributed by atoms with van der Waals surface area (Å²) < 4.78 is 14.8. The van der Waals surface area contributed by atoms with Crippen LogP contribution in [0.3, 0.4) is 0 Å². The van der Waals surface area contributed by atoms with Gasteiger partial charge in [-0.25, -0.2) is 0 Å². The highest BCUT2D eigenvalue weighted by Crippen LogP contribution is 2.34. The van der Waals surface area contributed by atoms with Gasteiger partial charge in [-0.05, 0) is 42.7 Å². The van der Waals surface area contributed by atoms with Crippen LogP contribution in [0, 0.1) is 0 Å². The minimum absolute atomic E-state index is 0.0614. The second-order valence-electron chi connectivity index (χ2n) is 4.67. The molecule has 0 fully saturated rings. The van der Waals surface area contributed by atoms with Crippen LogP contribution >= 0.6 is 11.5 Å². The van der Waals surface area contributed by atoms with Gasteiger partial charge in [0, 0.05) is 0 Å². The van der Waals surface area contributed by atoms with E-state index in [1.54, 1.807) is 14.2 Å². The molecule has 0 aliphatic carbocycles. The lowest BCUT2D eigenvalue weighted by molar-refractivity contribution is 0.354. The molecule has 0 aliphatic heterocycles. The van der Waals surface area contributed by atoms with E-state index in [2.05, 4.69) is 21.8 Å². The number of hydrogen-bond acceptors (Lipinski definition) is 6. The Labute approximate surface area is 129 Å². The molecule has 5 nitrogen and oxygen atoms in total. The predicted octanol–water partition coefficient (Wildman–Crippen LogP) is 2.82. The van der Waals surface area contributed by atoms with Crippen molar-refractivity contribution in [3.63, 3.8) is 0 Å². The largest absolute Gasteiger partial charge is 0.493 e. The fraction of sp³-hybridized carbons (Fsp3) is 0.467. The Morgan fingerprint density at radius 1 is 1.24 bits per heavy atom. The molecule has 0 radical (unpaired) electrons. The standard InChI is InChI=1S/C15H21N3O2S/c1-5-6-11-15(21-18-17-11)14(16-2)10-7-8-12(19-3)13(9-10)20-4/h7-9,14,16H,5-6H2,1-4H3. The number of benzene rings is 1. The first-order valence-corrected chi connectivity index (χ1v) is 7.72. The first-order chi connectivity index (χ1) is 10.2. The van der Waals surface area contributed by atoms with Crippen LogP contribution in [0.1, 0.15) is 35.5 Å². The van der Waals surface area contributed by atoms with Crippen molar-refractivity contribution in [1.29, 1.82) is 0 Å². The van der Waals surface area contributed by atoms with Crippen molar-refractivity contribution in [2.75, 3.05) is 21.3 Å². The van der Waals surface area contributed by atoms with Crippen LogP contribution in [-0.2, 0) is 6.42 Å². The third-order valence-electron chi connectivity index (χ3n) is 3.36. The highest BCUT2D eigenvalue weighted by molar-refractivity contribution is 7.05. The second kappa shape index (κ2) is 7.38. The number of nitrogens with one attached hydrogen (secondary N) is 1. The molecule has 0 saturated carbocycles. The zero-order valence-electron chi connectivity index (χ0n) is 12.8. The van der Waals surface area contributed by atoms with Crippen LogP contribution in [0.15, 0.2) is 18.2 Å². The van der Waals surface area contributed by atoms with E-state index in [4.69, 9.17) is 9.47 Å². The molecule has 114 valence electrons. The van der Waals surface area contributed by atoms with Gasteiger partial charge in [-0.1, -0.05) is 23.9 Å². The lowest BCUT2D eigenvalue weighted by Gasteiger charge is -2.17. The monoisotopic (exact) mass is 307 g/mol. The number of aromatic nitrogens is 2. The Morgan fingerprint density at radius 2 is 2.00 bits per heavy atom. The normalized spacial score (nSPS) is 12.2. The van der Waals surface area contributed by atoms with E-state index < -0.39 is 0 Å². The van der Waals surface area contributed by atoms with Gasteiger partial charge in [0.25, 0.3) is 0 Å². The van der Waals surface area contributed by atoms with Crippen molar-refractivity contribution in [3.05, 3.63) is 34.3 Å². The molecular formula is C15H21N3O2S. The zero-order chi connectivity index (χ0) is 15.2. The minimum Gasteiger partial charge on any atom is -0.493 e. The SMILES string of the molecule is CCCc1nnsc1C(NC)c1ccc(OC)c(OC)c1. The summed E-state index contributed by atoms with van der Waals surface area (Å²) in [7, 11) is 5.23. The van der Waals surface area contributed by atoms with Gasteiger partial charge in [0.05, 0.1) is 30.8 Å². The number of aryl methyl sites for hydroxylation is 1. The summed E-state index contributed by atoms with van der Waals surface area (Å²) >= 11 is 1.44. The molecule has 0 bridgehead atoms. The third-order valence-corrected chi connectivity index (χ3v) is 4.20. The summed E-state index contributed by atoms with van der Waals surface area (Å²) in [5.74, 6) is 1.46. The maximum Gasteiger partial charge on any atom is 0.161 e. The maximum atomic E-state index is 5.39. The minimum atomic E-state index is 0.0614. The van der Waals surface area contributed by atoms with Gasteiger partial charge in [-0.3, -0.25) is 0 Å². The summed E-state index contributed by atoms with van der Waals surface area (Å²) in [5, 5.41) is 7.59. The molecule has 0 spiro atoms. The van der Waals surface area contributed by atoms with Gasteiger partial charge < -0.3 is 14.8 Å². The van der Waals surface area contributed by atoms with Crippen LogP contribution in [0.5, 0.6) is 11.5 Å². The second-order valence-corrected chi connectivity index (χ2v) is 5.46. The number of ether oxygens (including phenoxy) is 2. The Bertz CT molecular complexity index is 586. The number of nitrogens with zero attached hydrogens (tertiary/aromatic N) is 2. The summed E-state index contributed by atoms with van der Waals surface area (Å²) in [5.41, 5.74) is 2.18. The molecule has 1 heterocycles. The molecule has 21 heavy (non-hydrogen) atoms. The number of hydrogen-bond donors (Lipinski definition) is 1. The third kappa shape index (κ3) is 3.33. The topological polar surface area (TPSA) is 56.3 Å². The van der Waals surface area contributed by atoms with Crippen LogP contribution in [-0.4, -0.2) is 30.9 Å². The molecule has 0 saturated heterocycles. The van der Waals surface area contributed by atoms with E-state index in [0.717, 1.165) is 40.5 Å². The van der Waals surface area contributed by atoms with Crippen LogP contribution in [0.2, 0.25) is 0 Å². The van der Waals surface area contributed by atoms with Crippen molar-refractivity contribution < 1.29 is 9.47 Å². The van der Waals surface area contributed by atoms with Crippen molar-refractivity contribution >= 4 is 11.5 Å². The molecule has 1 N–H and O–H groups in total. The average Bonchev–Trinajstić information content (AvgIpc) is 2.96. The molecule has 0 aliphatic rings. The zero-order valence-corrected chi connectivity index (χ0v) is 13.7. The van der Waals surface area contributed by atoms with E-state index in [-0.39, 0.29) is 6.04 Å². The van der Waals surface area contributed by atoms with E-state index >= 15 is 0 Å². The first-order valence-electron chi connectivity index (χ1n) is 6.95. The molecule has 1 atom stereocenters. The van der Waals surface area contributed by atoms with E-state index in [1.165, 1.54) is 11.5 Å². The van der Waals surface area contributed by atoms with Gasteiger partial charge >= 0.3 is 0 Å². The molecule has 1 aromatic carbocycles. The fourth-order valence-corrected chi connectivity index (χ4v) is 3.16. The Kier molecular flexibility index (Phi) is 5.52. The highest BCUT2D eigenvalue weighted by Gasteiger charge is 2.20. The van der Waals surface area contributed by atoms with Crippen LogP contribution in [0.4, 0.5) is 0 Å². The molecule has 2 aromatic rings. The average molecular weight is 307 g/mol. The summed E-state index contributed by atoms with van der Waals surface area (Å²) in [6.07, 6.45) is 2.00. The molecule has 1 aromatic heterocycles. The summed E-state index contributed by atoms with van der Waals surface area (Å²) in [6, 6.07) is 6.02. The van der Waals surface area contributed by atoms with Gasteiger partial charge in [0.2, 0.25) is 0 Å². The molecular weight excluding hydrogens is 286 g/mol. The van der Waals surface area contributed by atoms with Crippen LogP contribution < -0.4 is 14.8 Å². The fourth-order valence-electron chi connectivity index (χ4n) is 2.33. The molecule has 2 rings (SSSR count). The van der Waals surface area contributed by atoms with Gasteiger partial charge in [-0.2, -0.15) is 0 Å². The van der Waals surface area contributed by atoms with Crippen molar-refractivity contribution in [2.24, 2.45) is 0 Å². The quantitative estimate of drug-likeness (QED) is 0.852. The van der Waals surface area contributed by atoms with Crippen molar-refractivity contribution in [2.45, 2.75) is 25.8 Å². The molecule has 6 heteroatoms. The lowest BCUT2D eigenvalue weighted by Crippen LogP contribution is -2.18. The molecule has 1 unspecified atom stereocenters. The number of methoxy groups -OCH3 is 2. The van der Waals surface area contributed by atoms with Gasteiger partial charge in [0.15, 0.2) is 11.5 Å².